The summed E-state index contributed by atoms with van der Waals surface area (Å²) in [4.78, 5) is 10.7. The Balaban J connectivity index is 2.70. The number of amides is 1. The highest BCUT2D eigenvalue weighted by Gasteiger charge is 2.13. The van der Waals surface area contributed by atoms with Crippen LogP contribution in [-0.4, -0.2) is 6.41 Å². The Hall–Kier alpha value is -2.31. The molecule has 4 heteroatoms. The van der Waals surface area contributed by atoms with Crippen molar-refractivity contribution in [1.29, 1.82) is 5.26 Å². The van der Waals surface area contributed by atoms with E-state index in [1.165, 1.54) is 0 Å². The Morgan fingerprint density at radius 2 is 2.14 bits per heavy atom. The maximum Gasteiger partial charge on any atom is 0.211 e. The molecule has 0 heterocycles. The molecule has 0 atom stereocenters. The van der Waals surface area contributed by atoms with Gasteiger partial charge in [0, 0.05) is 16.3 Å². The zero-order chi connectivity index (χ0) is 15.4. The molecule has 106 valence electrons. The van der Waals surface area contributed by atoms with Crippen LogP contribution in [0.25, 0.3) is 11.1 Å². The SMILES string of the molecule is CCc1cc(-c2c(Cl)cccc2C#N)cc(C)c1NC=O. The van der Waals surface area contributed by atoms with Gasteiger partial charge < -0.3 is 5.32 Å². The molecule has 0 aliphatic carbocycles. The maximum absolute atomic E-state index is 10.7. The second-order valence-corrected chi connectivity index (χ2v) is 5.12. The van der Waals surface area contributed by atoms with E-state index in [1.54, 1.807) is 18.2 Å². The molecular formula is C17H15ClN2O. The fourth-order valence-corrected chi connectivity index (χ4v) is 2.74. The lowest BCUT2D eigenvalue weighted by Crippen LogP contribution is -2.02. The summed E-state index contributed by atoms with van der Waals surface area (Å²) in [6.07, 6.45) is 1.45. The number of carbonyl (C=O) groups is 1. The molecule has 0 spiro atoms. The zero-order valence-corrected chi connectivity index (χ0v) is 12.7. The van der Waals surface area contributed by atoms with Crippen LogP contribution < -0.4 is 5.32 Å². The van der Waals surface area contributed by atoms with Crippen molar-refractivity contribution in [3.63, 3.8) is 0 Å². The van der Waals surface area contributed by atoms with Gasteiger partial charge in [-0.05, 0) is 54.3 Å². The smallest absolute Gasteiger partial charge is 0.211 e. The quantitative estimate of drug-likeness (QED) is 0.855. The van der Waals surface area contributed by atoms with E-state index < -0.39 is 0 Å². The van der Waals surface area contributed by atoms with Crippen molar-refractivity contribution in [2.45, 2.75) is 20.3 Å². The Bertz CT molecular complexity index is 732. The van der Waals surface area contributed by atoms with Crippen LogP contribution >= 0.6 is 11.6 Å². The van der Waals surface area contributed by atoms with E-state index in [4.69, 9.17) is 11.6 Å². The van der Waals surface area contributed by atoms with Gasteiger partial charge in [-0.1, -0.05) is 24.6 Å². The summed E-state index contributed by atoms with van der Waals surface area (Å²) < 4.78 is 0. The third-order valence-electron chi connectivity index (χ3n) is 3.42. The number of nitrogens with zero attached hydrogens (tertiary/aromatic N) is 1. The van der Waals surface area contributed by atoms with Crippen molar-refractivity contribution in [1.82, 2.24) is 0 Å². The van der Waals surface area contributed by atoms with Crippen LogP contribution in [0, 0.1) is 18.3 Å². The molecule has 2 aromatic carbocycles. The van der Waals surface area contributed by atoms with Crippen LogP contribution in [0.2, 0.25) is 5.02 Å². The lowest BCUT2D eigenvalue weighted by Gasteiger charge is -2.15. The molecule has 2 rings (SSSR count). The average molecular weight is 299 g/mol. The normalized spacial score (nSPS) is 10.0. The van der Waals surface area contributed by atoms with Gasteiger partial charge in [0.2, 0.25) is 6.41 Å². The molecular weight excluding hydrogens is 284 g/mol. The molecule has 3 nitrogen and oxygen atoms in total. The number of benzene rings is 2. The van der Waals surface area contributed by atoms with Gasteiger partial charge in [-0.2, -0.15) is 5.26 Å². The lowest BCUT2D eigenvalue weighted by atomic mass is 9.94. The fraction of sp³-hybridized carbons (Fsp3) is 0.176. The third kappa shape index (κ3) is 2.91. The van der Waals surface area contributed by atoms with Crippen LogP contribution in [0.3, 0.4) is 0 Å². The predicted molar refractivity (Wildman–Crippen MR) is 85.4 cm³/mol. The second-order valence-electron chi connectivity index (χ2n) is 4.72. The van der Waals surface area contributed by atoms with Crippen LogP contribution in [0.1, 0.15) is 23.6 Å². The standard InChI is InChI=1S/C17H15ClN2O/c1-3-12-8-14(7-11(2)17(12)20-10-21)16-13(9-19)5-4-6-15(16)18/h4-8,10H,3H2,1-2H3,(H,20,21). The number of nitrogens with one attached hydrogen (secondary N) is 1. The number of nitriles is 1. The van der Waals surface area contributed by atoms with Crippen LogP contribution in [-0.2, 0) is 11.2 Å². The van der Waals surface area contributed by atoms with E-state index in [0.717, 1.165) is 34.4 Å². The first kappa shape index (κ1) is 15.1. The van der Waals surface area contributed by atoms with E-state index in [-0.39, 0.29) is 0 Å². The molecule has 0 saturated heterocycles. The molecule has 0 aromatic heterocycles. The van der Waals surface area contributed by atoms with E-state index in [9.17, 15) is 10.1 Å². The van der Waals surface area contributed by atoms with Crippen molar-refractivity contribution in [3.05, 3.63) is 52.0 Å². The molecule has 0 unspecified atom stereocenters. The lowest BCUT2D eigenvalue weighted by molar-refractivity contribution is -0.105. The van der Waals surface area contributed by atoms with Gasteiger partial charge in [0.25, 0.3) is 0 Å². The van der Waals surface area contributed by atoms with Crippen LogP contribution in [0.4, 0.5) is 5.69 Å². The Kier molecular flexibility index (Phi) is 4.62. The molecule has 0 fully saturated rings. The molecule has 0 saturated carbocycles. The monoisotopic (exact) mass is 298 g/mol. The van der Waals surface area contributed by atoms with E-state index >= 15 is 0 Å². The largest absolute Gasteiger partial charge is 0.328 e. The number of halogens is 1. The molecule has 0 bridgehead atoms. The Morgan fingerprint density at radius 1 is 1.38 bits per heavy atom. The minimum atomic E-state index is 0.542. The summed E-state index contributed by atoms with van der Waals surface area (Å²) >= 11 is 6.27. The third-order valence-corrected chi connectivity index (χ3v) is 3.74. The minimum absolute atomic E-state index is 0.542. The summed E-state index contributed by atoms with van der Waals surface area (Å²) in [7, 11) is 0. The maximum atomic E-state index is 10.7. The summed E-state index contributed by atoms with van der Waals surface area (Å²) in [5.41, 5.74) is 4.95. The molecule has 0 aliphatic heterocycles. The van der Waals surface area contributed by atoms with Crippen molar-refractivity contribution in [2.24, 2.45) is 0 Å². The first-order valence-electron chi connectivity index (χ1n) is 6.65. The molecule has 0 aliphatic rings. The number of anilines is 1. The van der Waals surface area contributed by atoms with E-state index in [2.05, 4.69) is 11.4 Å². The van der Waals surface area contributed by atoms with Gasteiger partial charge in [-0.15, -0.1) is 0 Å². The van der Waals surface area contributed by atoms with Crippen molar-refractivity contribution < 1.29 is 4.79 Å². The topological polar surface area (TPSA) is 52.9 Å². The Labute approximate surface area is 129 Å². The molecule has 21 heavy (non-hydrogen) atoms. The van der Waals surface area contributed by atoms with Crippen molar-refractivity contribution in [2.75, 3.05) is 5.32 Å². The zero-order valence-electron chi connectivity index (χ0n) is 11.9. The molecule has 1 amide bonds. The molecule has 1 N–H and O–H groups in total. The fourth-order valence-electron chi connectivity index (χ4n) is 2.46. The average Bonchev–Trinajstić information content (AvgIpc) is 2.48. The van der Waals surface area contributed by atoms with E-state index in [1.807, 2.05) is 26.0 Å². The highest BCUT2D eigenvalue weighted by atomic mass is 35.5. The van der Waals surface area contributed by atoms with Gasteiger partial charge >= 0.3 is 0 Å². The minimum Gasteiger partial charge on any atom is -0.328 e. The number of hydrogen-bond acceptors (Lipinski definition) is 2. The predicted octanol–water partition coefficient (Wildman–Crippen LogP) is 4.32. The summed E-state index contributed by atoms with van der Waals surface area (Å²) in [5, 5.41) is 12.6. The Morgan fingerprint density at radius 3 is 2.76 bits per heavy atom. The van der Waals surface area contributed by atoms with Crippen LogP contribution in [0.5, 0.6) is 0 Å². The van der Waals surface area contributed by atoms with E-state index in [0.29, 0.717) is 17.0 Å². The first-order chi connectivity index (χ1) is 10.1. The number of hydrogen-bond donors (Lipinski definition) is 1. The second kappa shape index (κ2) is 6.43. The highest BCUT2D eigenvalue weighted by Crippen LogP contribution is 2.35. The number of carbonyl (C=O) groups excluding carboxylic acids is 1. The molecule has 2 aromatic rings. The van der Waals surface area contributed by atoms with Gasteiger partial charge in [-0.3, -0.25) is 4.79 Å². The van der Waals surface area contributed by atoms with Gasteiger partial charge in [0.15, 0.2) is 0 Å². The van der Waals surface area contributed by atoms with Gasteiger partial charge in [0.05, 0.1) is 11.6 Å². The van der Waals surface area contributed by atoms with Crippen LogP contribution in [0.15, 0.2) is 30.3 Å². The number of rotatable bonds is 4. The van der Waals surface area contributed by atoms with Gasteiger partial charge in [-0.25, -0.2) is 0 Å². The summed E-state index contributed by atoms with van der Waals surface area (Å²) in [6.45, 7) is 3.95. The molecule has 0 radical (unpaired) electrons. The van der Waals surface area contributed by atoms with Crippen molar-refractivity contribution in [3.8, 4) is 17.2 Å². The van der Waals surface area contributed by atoms with Gasteiger partial charge in [0.1, 0.15) is 0 Å². The first-order valence-corrected chi connectivity index (χ1v) is 7.02. The summed E-state index contributed by atoms with van der Waals surface area (Å²) in [6, 6.07) is 11.4. The van der Waals surface area contributed by atoms with Crippen molar-refractivity contribution >= 4 is 23.7 Å². The number of aryl methyl sites for hydroxylation is 2. The summed E-state index contributed by atoms with van der Waals surface area (Å²) in [5.74, 6) is 0. The highest BCUT2D eigenvalue weighted by molar-refractivity contribution is 6.33.